The molecule has 8 heteroatoms. The van der Waals surface area contributed by atoms with Crippen molar-refractivity contribution >= 4 is 33.0 Å². The fourth-order valence-corrected chi connectivity index (χ4v) is 4.65. The molecule has 25 heavy (non-hydrogen) atoms. The Labute approximate surface area is 150 Å². The van der Waals surface area contributed by atoms with Gasteiger partial charge >= 0.3 is 0 Å². The Morgan fingerprint density at radius 3 is 2.44 bits per heavy atom. The second kappa shape index (κ2) is 6.45. The van der Waals surface area contributed by atoms with Crippen molar-refractivity contribution in [3.05, 3.63) is 64.1 Å². The molecule has 0 unspecified atom stereocenters. The van der Waals surface area contributed by atoms with E-state index in [4.69, 9.17) is 0 Å². The molecule has 0 amide bonds. The van der Waals surface area contributed by atoms with Crippen molar-refractivity contribution in [1.29, 1.82) is 0 Å². The van der Waals surface area contributed by atoms with Crippen molar-refractivity contribution in [2.75, 3.05) is 11.4 Å². The second-order valence-corrected chi connectivity index (χ2v) is 8.45. The van der Waals surface area contributed by atoms with Crippen LogP contribution in [0.4, 0.5) is 5.69 Å². The van der Waals surface area contributed by atoms with Crippen molar-refractivity contribution in [3.63, 3.8) is 0 Å². The van der Waals surface area contributed by atoms with Crippen molar-refractivity contribution in [2.24, 2.45) is 0 Å². The molecular weight excluding hydrogens is 358 g/mol. The van der Waals surface area contributed by atoms with Crippen LogP contribution in [0, 0.1) is 13.8 Å². The minimum Gasteiger partial charge on any atom is -0.268 e. The summed E-state index contributed by atoms with van der Waals surface area (Å²) in [6.45, 7) is 3.59. The Bertz CT molecular complexity index is 1020. The van der Waals surface area contributed by atoms with E-state index in [9.17, 15) is 13.2 Å². The molecule has 130 valence electrons. The van der Waals surface area contributed by atoms with Gasteiger partial charge in [-0.05, 0) is 43.5 Å². The first-order valence-corrected chi connectivity index (χ1v) is 9.84. The maximum atomic E-state index is 12.8. The molecule has 3 rings (SSSR count). The molecule has 0 fully saturated rings. The maximum Gasteiger partial charge on any atom is 0.290 e. The lowest BCUT2D eigenvalue weighted by Gasteiger charge is -2.19. The number of nitrogens with zero attached hydrogens (tertiary/aromatic N) is 3. The van der Waals surface area contributed by atoms with Crippen LogP contribution in [0.1, 0.15) is 21.1 Å². The molecule has 0 aliphatic carbocycles. The third-order valence-corrected chi connectivity index (χ3v) is 6.46. The molecule has 0 bridgehead atoms. The molecule has 0 N–H and O–H groups in total. The zero-order valence-corrected chi connectivity index (χ0v) is 15.6. The van der Waals surface area contributed by atoms with E-state index in [1.807, 2.05) is 0 Å². The van der Waals surface area contributed by atoms with Crippen LogP contribution in [0.2, 0.25) is 0 Å². The molecule has 2 aromatic heterocycles. The third kappa shape index (κ3) is 3.10. The molecule has 0 aliphatic rings. The first kappa shape index (κ1) is 17.4. The minimum absolute atomic E-state index is 0.174. The van der Waals surface area contributed by atoms with Crippen LogP contribution in [0.25, 0.3) is 0 Å². The maximum absolute atomic E-state index is 12.8. The van der Waals surface area contributed by atoms with Crippen molar-refractivity contribution in [1.82, 2.24) is 9.78 Å². The summed E-state index contributed by atoms with van der Waals surface area (Å²) in [5, 5.41) is 5.89. The molecule has 0 atom stereocenters. The highest BCUT2D eigenvalue weighted by Crippen LogP contribution is 2.30. The predicted octanol–water partition coefficient (Wildman–Crippen LogP) is 3.08. The molecule has 6 nitrogen and oxygen atoms in total. The molecule has 0 aliphatic heterocycles. The van der Waals surface area contributed by atoms with Gasteiger partial charge in [0.25, 0.3) is 15.9 Å². The number of thiophene rings is 1. The van der Waals surface area contributed by atoms with Gasteiger partial charge in [0.1, 0.15) is 4.88 Å². The summed E-state index contributed by atoms with van der Waals surface area (Å²) >= 11 is 1.19. The van der Waals surface area contributed by atoms with E-state index in [1.165, 1.54) is 35.2 Å². The zero-order valence-electron chi connectivity index (χ0n) is 14.0. The number of carbonyl (C=O) groups excluding carboxylic acids is 1. The van der Waals surface area contributed by atoms with Crippen molar-refractivity contribution in [2.45, 2.75) is 18.7 Å². The number of hydrogen-bond donors (Lipinski definition) is 0. The fraction of sp³-hybridized carbons (Fsp3) is 0.176. The SMILES string of the molecule is Cc1cc(C)n(C(=O)c2sccc2N(C)S(=O)(=O)c2ccccc2)n1. The average Bonchev–Trinajstić information content (AvgIpc) is 3.20. The summed E-state index contributed by atoms with van der Waals surface area (Å²) in [5.74, 6) is -0.342. The van der Waals surface area contributed by atoms with Gasteiger partial charge in [0, 0.05) is 12.7 Å². The number of aryl methyl sites for hydroxylation is 2. The highest BCUT2D eigenvalue weighted by Gasteiger charge is 2.27. The monoisotopic (exact) mass is 375 g/mol. The number of anilines is 1. The zero-order chi connectivity index (χ0) is 18.2. The van der Waals surface area contributed by atoms with E-state index in [-0.39, 0.29) is 10.8 Å². The van der Waals surface area contributed by atoms with Crippen LogP contribution >= 0.6 is 11.3 Å². The second-order valence-electron chi connectivity index (χ2n) is 5.56. The van der Waals surface area contributed by atoms with Gasteiger partial charge in [0.15, 0.2) is 0 Å². The Kier molecular flexibility index (Phi) is 4.49. The molecule has 3 aromatic rings. The number of hydrogen-bond acceptors (Lipinski definition) is 5. The van der Waals surface area contributed by atoms with Gasteiger partial charge in [-0.15, -0.1) is 11.3 Å². The summed E-state index contributed by atoms with van der Waals surface area (Å²) in [6.07, 6.45) is 0. The average molecular weight is 375 g/mol. The van der Waals surface area contributed by atoms with Crippen LogP contribution < -0.4 is 4.31 Å². The van der Waals surface area contributed by atoms with Gasteiger partial charge in [-0.1, -0.05) is 18.2 Å². The molecule has 0 spiro atoms. The molecule has 0 radical (unpaired) electrons. The number of rotatable bonds is 4. The summed E-state index contributed by atoms with van der Waals surface area (Å²) < 4.78 is 28.1. The third-order valence-electron chi connectivity index (χ3n) is 3.78. The van der Waals surface area contributed by atoms with Crippen molar-refractivity contribution in [3.8, 4) is 0 Å². The first-order chi connectivity index (χ1) is 11.8. The molecule has 1 aromatic carbocycles. The minimum atomic E-state index is -3.75. The first-order valence-electron chi connectivity index (χ1n) is 7.52. The molecule has 0 saturated carbocycles. The lowest BCUT2D eigenvalue weighted by molar-refractivity contribution is 0.0947. The van der Waals surface area contributed by atoms with Gasteiger partial charge < -0.3 is 0 Å². The highest BCUT2D eigenvalue weighted by atomic mass is 32.2. The van der Waals surface area contributed by atoms with E-state index in [0.717, 1.165) is 10.00 Å². The number of aromatic nitrogens is 2. The van der Waals surface area contributed by atoms with Gasteiger partial charge in [-0.3, -0.25) is 9.10 Å². The lowest BCUT2D eigenvalue weighted by atomic mass is 10.3. The highest BCUT2D eigenvalue weighted by molar-refractivity contribution is 7.92. The van der Waals surface area contributed by atoms with Crippen LogP contribution in [0.5, 0.6) is 0 Å². The summed E-state index contributed by atoms with van der Waals surface area (Å²) in [7, 11) is -2.30. The Morgan fingerprint density at radius 2 is 1.84 bits per heavy atom. The smallest absolute Gasteiger partial charge is 0.268 e. The standard InChI is InChI=1S/C17H17N3O3S2/c1-12-11-13(2)20(18-12)17(21)16-15(9-10-24-16)19(3)25(22,23)14-7-5-4-6-8-14/h4-11H,1-3H3. The van der Waals surface area contributed by atoms with Gasteiger partial charge in [0.05, 0.1) is 16.3 Å². The van der Waals surface area contributed by atoms with E-state index >= 15 is 0 Å². The van der Waals surface area contributed by atoms with E-state index in [0.29, 0.717) is 16.3 Å². The van der Waals surface area contributed by atoms with Gasteiger partial charge in [-0.2, -0.15) is 5.10 Å². The Morgan fingerprint density at radius 1 is 1.16 bits per heavy atom. The molecular formula is C17H17N3O3S2. The number of benzene rings is 1. The van der Waals surface area contributed by atoms with Crippen LogP contribution in [0.15, 0.2) is 52.7 Å². The van der Waals surface area contributed by atoms with E-state index in [2.05, 4.69) is 5.10 Å². The Hall–Kier alpha value is -2.45. The van der Waals surface area contributed by atoms with Crippen LogP contribution in [-0.2, 0) is 10.0 Å². The van der Waals surface area contributed by atoms with Gasteiger partial charge in [-0.25, -0.2) is 13.1 Å². The quantitative estimate of drug-likeness (QED) is 0.702. The fourth-order valence-electron chi connectivity index (χ4n) is 2.52. The topological polar surface area (TPSA) is 72.3 Å². The van der Waals surface area contributed by atoms with E-state index < -0.39 is 10.0 Å². The van der Waals surface area contributed by atoms with Crippen LogP contribution in [-0.4, -0.2) is 31.2 Å². The predicted molar refractivity (Wildman–Crippen MR) is 97.8 cm³/mol. The summed E-state index contributed by atoms with van der Waals surface area (Å²) in [4.78, 5) is 13.3. The van der Waals surface area contributed by atoms with Crippen LogP contribution in [0.3, 0.4) is 0 Å². The number of sulfonamides is 1. The summed E-state index contributed by atoms with van der Waals surface area (Å²) in [6, 6.07) is 11.6. The molecule has 0 saturated heterocycles. The largest absolute Gasteiger partial charge is 0.290 e. The Balaban J connectivity index is 2.02. The summed E-state index contributed by atoms with van der Waals surface area (Å²) in [5.41, 5.74) is 1.77. The van der Waals surface area contributed by atoms with E-state index in [1.54, 1.807) is 49.6 Å². The normalized spacial score (nSPS) is 11.5. The van der Waals surface area contributed by atoms with Gasteiger partial charge in [0.2, 0.25) is 0 Å². The number of carbonyl (C=O) groups is 1. The lowest BCUT2D eigenvalue weighted by Crippen LogP contribution is -2.28. The molecule has 2 heterocycles. The van der Waals surface area contributed by atoms with Crippen molar-refractivity contribution < 1.29 is 13.2 Å².